The lowest BCUT2D eigenvalue weighted by molar-refractivity contribution is -0.110. The van der Waals surface area contributed by atoms with Gasteiger partial charge in [0, 0.05) is 10.0 Å². The topological polar surface area (TPSA) is 58.6 Å². The number of hydrogen-bond acceptors (Lipinski definition) is 3. The highest BCUT2D eigenvalue weighted by atomic mass is 79.9. The standard InChI is InChI=1S/C17H12Br3NO3/c18-11-2-1-3-14-15(11)10(17(23)21-14)6-9-7-12(19)16(13(20)8-9)24-5-4-22/h1-3,6-8,22H,4-5H2,(H,21,23)/b10-6-. The van der Waals surface area contributed by atoms with E-state index in [0.29, 0.717) is 11.3 Å². The maximum absolute atomic E-state index is 12.3. The van der Waals surface area contributed by atoms with Crippen molar-refractivity contribution in [3.05, 3.63) is 54.9 Å². The normalized spacial score (nSPS) is 14.7. The van der Waals surface area contributed by atoms with E-state index in [0.717, 1.165) is 30.2 Å². The second kappa shape index (κ2) is 7.39. The molecule has 1 aliphatic heterocycles. The summed E-state index contributed by atoms with van der Waals surface area (Å²) in [4.78, 5) is 12.3. The van der Waals surface area contributed by atoms with Crippen molar-refractivity contribution in [1.29, 1.82) is 0 Å². The third-order valence-corrected chi connectivity index (χ3v) is 5.28. The van der Waals surface area contributed by atoms with Crippen molar-refractivity contribution in [2.75, 3.05) is 18.5 Å². The molecule has 0 aromatic heterocycles. The summed E-state index contributed by atoms with van der Waals surface area (Å²) in [5.41, 5.74) is 3.09. The summed E-state index contributed by atoms with van der Waals surface area (Å²) in [5.74, 6) is 0.480. The van der Waals surface area contributed by atoms with E-state index in [4.69, 9.17) is 9.84 Å². The van der Waals surface area contributed by atoms with Crippen LogP contribution in [-0.4, -0.2) is 24.2 Å². The van der Waals surface area contributed by atoms with Crippen molar-refractivity contribution in [3.8, 4) is 5.75 Å². The Hall–Kier alpha value is -1.15. The first kappa shape index (κ1) is 17.7. The zero-order valence-corrected chi connectivity index (χ0v) is 17.0. The van der Waals surface area contributed by atoms with Crippen molar-refractivity contribution >= 4 is 71.0 Å². The second-order valence-corrected chi connectivity index (χ2v) is 7.62. The van der Waals surface area contributed by atoms with Crippen LogP contribution in [0.2, 0.25) is 0 Å². The molecule has 2 aromatic rings. The Kier molecular flexibility index (Phi) is 5.44. The third kappa shape index (κ3) is 3.44. The molecule has 7 heteroatoms. The Bertz CT molecular complexity index is 826. The second-order valence-electron chi connectivity index (χ2n) is 5.06. The Morgan fingerprint density at radius 2 is 1.83 bits per heavy atom. The highest BCUT2D eigenvalue weighted by molar-refractivity contribution is 9.11. The number of halogens is 3. The van der Waals surface area contributed by atoms with Crippen molar-refractivity contribution in [2.45, 2.75) is 0 Å². The van der Waals surface area contributed by atoms with Crippen molar-refractivity contribution < 1.29 is 14.6 Å². The third-order valence-electron chi connectivity index (χ3n) is 3.45. The van der Waals surface area contributed by atoms with Crippen LogP contribution in [0.5, 0.6) is 5.75 Å². The highest BCUT2D eigenvalue weighted by Crippen LogP contribution is 2.40. The summed E-state index contributed by atoms with van der Waals surface area (Å²) in [7, 11) is 0. The molecule has 124 valence electrons. The van der Waals surface area contributed by atoms with E-state index in [1.807, 2.05) is 36.4 Å². The number of carbonyl (C=O) groups is 1. The molecule has 0 spiro atoms. The Morgan fingerprint density at radius 1 is 1.12 bits per heavy atom. The van der Waals surface area contributed by atoms with Crippen LogP contribution in [0.3, 0.4) is 0 Å². The summed E-state index contributed by atoms with van der Waals surface area (Å²) >= 11 is 10.4. The van der Waals surface area contributed by atoms with Gasteiger partial charge in [-0.15, -0.1) is 0 Å². The first-order valence-corrected chi connectivity index (χ1v) is 9.44. The fraction of sp³-hybridized carbons (Fsp3) is 0.118. The minimum Gasteiger partial charge on any atom is -0.489 e. The monoisotopic (exact) mass is 515 g/mol. The van der Waals surface area contributed by atoms with Crippen LogP contribution in [-0.2, 0) is 4.79 Å². The van der Waals surface area contributed by atoms with Crippen LogP contribution in [0.15, 0.2) is 43.7 Å². The Morgan fingerprint density at radius 3 is 2.50 bits per heavy atom. The number of aliphatic hydroxyl groups excluding tert-OH is 1. The average Bonchev–Trinajstić information content (AvgIpc) is 2.84. The van der Waals surface area contributed by atoms with Crippen molar-refractivity contribution in [1.82, 2.24) is 0 Å². The molecule has 0 unspecified atom stereocenters. The number of anilines is 1. The predicted octanol–water partition coefficient (Wildman–Crippen LogP) is 4.84. The van der Waals surface area contributed by atoms with Crippen LogP contribution >= 0.6 is 47.8 Å². The van der Waals surface area contributed by atoms with Crippen LogP contribution in [0, 0.1) is 0 Å². The number of aliphatic hydroxyl groups is 1. The zero-order valence-electron chi connectivity index (χ0n) is 12.3. The van der Waals surface area contributed by atoms with E-state index >= 15 is 0 Å². The summed E-state index contributed by atoms with van der Waals surface area (Å²) in [6.45, 7) is 0.149. The van der Waals surface area contributed by atoms with E-state index in [-0.39, 0.29) is 19.1 Å². The van der Waals surface area contributed by atoms with Gasteiger partial charge in [-0.05, 0) is 67.8 Å². The fourth-order valence-electron chi connectivity index (χ4n) is 2.46. The molecule has 0 atom stereocenters. The maximum Gasteiger partial charge on any atom is 0.256 e. The van der Waals surface area contributed by atoms with Gasteiger partial charge in [-0.25, -0.2) is 0 Å². The lowest BCUT2D eigenvalue weighted by atomic mass is 10.0. The van der Waals surface area contributed by atoms with Gasteiger partial charge >= 0.3 is 0 Å². The molecular weight excluding hydrogens is 506 g/mol. The average molecular weight is 518 g/mol. The van der Waals surface area contributed by atoms with Gasteiger partial charge in [0.15, 0.2) is 0 Å². The molecule has 0 aliphatic carbocycles. The number of carbonyl (C=O) groups excluding carboxylic acids is 1. The smallest absolute Gasteiger partial charge is 0.256 e. The van der Waals surface area contributed by atoms with Gasteiger partial charge in [0.1, 0.15) is 12.4 Å². The minimum absolute atomic E-state index is 0.0599. The minimum atomic E-state index is -0.134. The predicted molar refractivity (Wildman–Crippen MR) is 105 cm³/mol. The first-order valence-electron chi connectivity index (χ1n) is 7.06. The molecule has 0 radical (unpaired) electrons. The van der Waals surface area contributed by atoms with Crippen molar-refractivity contribution in [2.24, 2.45) is 0 Å². The molecule has 0 fully saturated rings. The number of nitrogens with one attached hydrogen (secondary N) is 1. The zero-order chi connectivity index (χ0) is 17.3. The van der Waals surface area contributed by atoms with Crippen molar-refractivity contribution in [3.63, 3.8) is 0 Å². The quantitative estimate of drug-likeness (QED) is 0.571. The van der Waals surface area contributed by atoms with E-state index in [1.165, 1.54) is 0 Å². The Labute approximate surface area is 164 Å². The van der Waals surface area contributed by atoms with E-state index in [1.54, 1.807) is 0 Å². The van der Waals surface area contributed by atoms with E-state index < -0.39 is 0 Å². The maximum atomic E-state index is 12.3. The summed E-state index contributed by atoms with van der Waals surface area (Å²) in [5, 5.41) is 11.8. The molecule has 0 bridgehead atoms. The summed E-state index contributed by atoms with van der Waals surface area (Å²) < 4.78 is 7.83. The molecular formula is C17H12Br3NO3. The lowest BCUT2D eigenvalue weighted by Gasteiger charge is -2.10. The lowest BCUT2D eigenvalue weighted by Crippen LogP contribution is -2.04. The van der Waals surface area contributed by atoms with Gasteiger partial charge in [0.25, 0.3) is 5.91 Å². The molecule has 2 N–H and O–H groups in total. The molecule has 2 aromatic carbocycles. The fourth-order valence-corrected chi connectivity index (χ4v) is 4.49. The number of hydrogen-bond donors (Lipinski definition) is 2. The molecule has 1 aliphatic rings. The van der Waals surface area contributed by atoms with Gasteiger partial charge in [-0.2, -0.15) is 0 Å². The van der Waals surface area contributed by atoms with Gasteiger partial charge in [-0.1, -0.05) is 22.0 Å². The Balaban J connectivity index is 2.03. The molecule has 24 heavy (non-hydrogen) atoms. The largest absolute Gasteiger partial charge is 0.489 e. The van der Waals surface area contributed by atoms with Crippen LogP contribution in [0.4, 0.5) is 5.69 Å². The number of rotatable bonds is 4. The number of fused-ring (bicyclic) bond motifs is 1. The highest BCUT2D eigenvalue weighted by Gasteiger charge is 2.26. The van der Waals surface area contributed by atoms with E-state index in [9.17, 15) is 4.79 Å². The molecule has 4 nitrogen and oxygen atoms in total. The molecule has 0 saturated carbocycles. The van der Waals surface area contributed by atoms with E-state index in [2.05, 4.69) is 53.1 Å². The van der Waals surface area contributed by atoms with Crippen LogP contribution in [0.1, 0.15) is 11.1 Å². The first-order chi connectivity index (χ1) is 11.5. The van der Waals surface area contributed by atoms with Gasteiger partial charge in [0.2, 0.25) is 0 Å². The number of ether oxygens (including phenoxy) is 1. The van der Waals surface area contributed by atoms with Gasteiger partial charge in [0.05, 0.1) is 26.8 Å². The van der Waals surface area contributed by atoms with Crippen LogP contribution in [0.25, 0.3) is 11.6 Å². The number of amides is 1. The molecule has 0 saturated heterocycles. The van der Waals surface area contributed by atoms with Gasteiger partial charge < -0.3 is 15.2 Å². The molecule has 1 heterocycles. The van der Waals surface area contributed by atoms with Crippen LogP contribution < -0.4 is 10.1 Å². The van der Waals surface area contributed by atoms with Gasteiger partial charge in [-0.3, -0.25) is 4.79 Å². The SMILES string of the molecule is O=C1Nc2cccc(Br)c2/C1=C/c1cc(Br)c(OCCO)c(Br)c1. The summed E-state index contributed by atoms with van der Waals surface area (Å²) in [6.07, 6.45) is 1.83. The summed E-state index contributed by atoms with van der Waals surface area (Å²) in [6, 6.07) is 9.40. The number of benzene rings is 2. The molecule has 3 rings (SSSR count). The molecule has 1 amide bonds.